The largest absolute Gasteiger partial charge is 0.444 e. The van der Waals surface area contributed by atoms with Gasteiger partial charge in [0.1, 0.15) is 5.60 Å². The maximum absolute atomic E-state index is 11.7. The number of thioether (sulfide) groups is 1. The molecular formula is C23H38N2O2S. The smallest absolute Gasteiger partial charge is 0.407 e. The summed E-state index contributed by atoms with van der Waals surface area (Å²) in [6, 6.07) is 10.4. The van der Waals surface area contributed by atoms with Gasteiger partial charge in [-0.3, -0.25) is 0 Å². The number of rotatable bonds is 9. The van der Waals surface area contributed by atoms with E-state index in [4.69, 9.17) is 4.74 Å². The van der Waals surface area contributed by atoms with Crippen molar-refractivity contribution in [2.24, 2.45) is 0 Å². The van der Waals surface area contributed by atoms with Crippen LogP contribution in [0.5, 0.6) is 0 Å². The van der Waals surface area contributed by atoms with Crippen molar-refractivity contribution in [3.05, 3.63) is 60.3 Å². The Morgan fingerprint density at radius 1 is 1.21 bits per heavy atom. The van der Waals surface area contributed by atoms with Crippen molar-refractivity contribution < 1.29 is 9.53 Å². The van der Waals surface area contributed by atoms with E-state index in [-0.39, 0.29) is 0 Å². The number of amides is 1. The molecule has 1 aromatic rings. The van der Waals surface area contributed by atoms with E-state index in [1.807, 2.05) is 50.5 Å². The minimum absolute atomic E-state index is 0.359. The third kappa shape index (κ3) is 14.2. The summed E-state index contributed by atoms with van der Waals surface area (Å²) in [5.41, 5.74) is 2.77. The molecule has 0 bridgehead atoms. The fourth-order valence-corrected chi connectivity index (χ4v) is 2.12. The number of ether oxygens (including phenoxy) is 1. The predicted molar refractivity (Wildman–Crippen MR) is 124 cm³/mol. The maximum atomic E-state index is 11.7. The lowest BCUT2D eigenvalue weighted by Gasteiger charge is -2.24. The number of hydrogen-bond acceptors (Lipinski definition) is 4. The molecule has 0 radical (unpaired) electrons. The molecule has 0 aliphatic heterocycles. The molecule has 28 heavy (non-hydrogen) atoms. The number of benzene rings is 1. The van der Waals surface area contributed by atoms with E-state index in [9.17, 15) is 4.79 Å². The lowest BCUT2D eigenvalue weighted by Crippen LogP contribution is -2.36. The van der Waals surface area contributed by atoms with Crippen LogP contribution in [0.25, 0.3) is 0 Å². The molecule has 0 aliphatic rings. The molecule has 5 heteroatoms. The van der Waals surface area contributed by atoms with Crippen molar-refractivity contribution in [2.45, 2.75) is 46.1 Å². The molecule has 0 atom stereocenters. The molecule has 0 saturated heterocycles. The molecule has 4 nitrogen and oxygen atoms in total. The fraction of sp³-hybridized carbons (Fsp3) is 0.522. The van der Waals surface area contributed by atoms with Crippen LogP contribution in [0.15, 0.2) is 54.8 Å². The van der Waals surface area contributed by atoms with E-state index < -0.39 is 11.7 Å². The average molecular weight is 407 g/mol. The number of alkyl carbamates (subject to hydrolysis) is 1. The first-order valence-electron chi connectivity index (χ1n) is 9.64. The van der Waals surface area contributed by atoms with Gasteiger partial charge in [-0.2, -0.15) is 11.8 Å². The first-order chi connectivity index (χ1) is 13.1. The summed E-state index contributed by atoms with van der Waals surface area (Å²) in [6.45, 7) is 16.9. The second kappa shape index (κ2) is 14.2. The summed E-state index contributed by atoms with van der Waals surface area (Å²) in [5, 5.41) is 2.72. The normalized spacial score (nSPS) is 10.4. The Morgan fingerprint density at radius 3 is 2.29 bits per heavy atom. The van der Waals surface area contributed by atoms with E-state index in [0.717, 1.165) is 30.7 Å². The number of hydrogen-bond donors (Lipinski definition) is 1. The van der Waals surface area contributed by atoms with Gasteiger partial charge in [-0.1, -0.05) is 56.0 Å². The van der Waals surface area contributed by atoms with Crippen LogP contribution < -0.4 is 5.32 Å². The van der Waals surface area contributed by atoms with Crippen molar-refractivity contribution in [2.75, 3.05) is 32.1 Å². The Bertz CT molecular complexity index is 592. The highest BCUT2D eigenvalue weighted by Gasteiger charge is 2.16. The van der Waals surface area contributed by atoms with Crippen LogP contribution in [-0.4, -0.2) is 48.7 Å². The van der Waals surface area contributed by atoms with Crippen LogP contribution in [0.2, 0.25) is 0 Å². The zero-order valence-electron chi connectivity index (χ0n) is 18.5. The van der Waals surface area contributed by atoms with Crippen molar-refractivity contribution in [3.63, 3.8) is 0 Å². The van der Waals surface area contributed by atoms with E-state index in [2.05, 4.69) is 55.9 Å². The molecule has 0 fully saturated rings. The molecule has 0 unspecified atom stereocenters. The van der Waals surface area contributed by atoms with Crippen molar-refractivity contribution >= 4 is 17.9 Å². The molecule has 1 rings (SSSR count). The Hall–Kier alpha value is -1.88. The molecule has 1 aromatic carbocycles. The molecule has 0 heterocycles. The maximum Gasteiger partial charge on any atom is 0.407 e. The van der Waals surface area contributed by atoms with Gasteiger partial charge in [0.25, 0.3) is 0 Å². The van der Waals surface area contributed by atoms with Gasteiger partial charge in [0.05, 0.1) is 6.54 Å². The zero-order valence-corrected chi connectivity index (χ0v) is 19.3. The Kier molecular flexibility index (Phi) is 13.2. The third-order valence-electron chi connectivity index (χ3n) is 3.74. The summed E-state index contributed by atoms with van der Waals surface area (Å²) < 4.78 is 5.21. The summed E-state index contributed by atoms with van der Waals surface area (Å²) >= 11 is 1.86. The van der Waals surface area contributed by atoms with Gasteiger partial charge in [0.15, 0.2) is 0 Å². The van der Waals surface area contributed by atoms with E-state index in [1.54, 1.807) is 0 Å². The fourth-order valence-electron chi connectivity index (χ4n) is 2.12. The third-order valence-corrected chi connectivity index (χ3v) is 4.31. The highest BCUT2D eigenvalue weighted by Crippen LogP contribution is 2.11. The van der Waals surface area contributed by atoms with Crippen LogP contribution >= 0.6 is 11.8 Å². The number of aryl methyl sites for hydroxylation is 1. The lowest BCUT2D eigenvalue weighted by molar-refractivity contribution is 0.0530. The summed E-state index contributed by atoms with van der Waals surface area (Å²) in [5.74, 6) is 1.24. The van der Waals surface area contributed by atoms with Gasteiger partial charge in [-0.25, -0.2) is 4.79 Å². The van der Waals surface area contributed by atoms with Gasteiger partial charge >= 0.3 is 6.09 Å². The minimum Gasteiger partial charge on any atom is -0.444 e. The standard InChI is InChI=1S/C20H30N2O2.C3H8S/c1-16(12-13-18-10-8-7-9-11-18)15-22(6)17(2)14-21-19(23)24-20(3,4)5;1-3-4-2/h7-11H,1-2,12-15H2,3-6H3,(H,21,23);3H2,1-2H3. The highest BCUT2D eigenvalue weighted by atomic mass is 32.2. The van der Waals surface area contributed by atoms with E-state index in [1.165, 1.54) is 11.3 Å². The number of carbonyl (C=O) groups excluding carboxylic acids is 1. The molecule has 158 valence electrons. The Morgan fingerprint density at radius 2 is 1.79 bits per heavy atom. The first kappa shape index (κ1) is 26.1. The summed E-state index contributed by atoms with van der Waals surface area (Å²) in [7, 11) is 1.95. The molecule has 0 spiro atoms. The van der Waals surface area contributed by atoms with Crippen LogP contribution in [0.3, 0.4) is 0 Å². The Balaban J connectivity index is 0.00000165. The van der Waals surface area contributed by atoms with Crippen LogP contribution in [0.4, 0.5) is 4.79 Å². The Labute approximate surface area is 176 Å². The van der Waals surface area contributed by atoms with Crippen molar-refractivity contribution in [1.82, 2.24) is 10.2 Å². The summed E-state index contributed by atoms with van der Waals surface area (Å²) in [6.07, 6.45) is 3.58. The SMILES string of the molecule is C=C(CCc1ccccc1)CN(C)C(=C)CNC(=O)OC(C)(C)C.CCSC. The average Bonchev–Trinajstić information content (AvgIpc) is 2.64. The van der Waals surface area contributed by atoms with Gasteiger partial charge in [-0.15, -0.1) is 0 Å². The quantitative estimate of drug-likeness (QED) is 0.549. The zero-order chi connectivity index (χ0) is 21.6. The van der Waals surface area contributed by atoms with Crippen LogP contribution in [0.1, 0.15) is 39.7 Å². The van der Waals surface area contributed by atoms with Gasteiger partial charge in [0.2, 0.25) is 0 Å². The second-order valence-electron chi connectivity index (χ2n) is 7.59. The highest BCUT2D eigenvalue weighted by molar-refractivity contribution is 7.98. The number of nitrogens with one attached hydrogen (secondary N) is 1. The lowest BCUT2D eigenvalue weighted by atomic mass is 10.1. The molecule has 1 N–H and O–H groups in total. The van der Waals surface area contributed by atoms with Crippen LogP contribution in [0, 0.1) is 0 Å². The number of nitrogens with zero attached hydrogens (tertiary/aromatic N) is 1. The first-order valence-corrected chi connectivity index (χ1v) is 11.0. The minimum atomic E-state index is -0.497. The van der Waals surface area contributed by atoms with Gasteiger partial charge < -0.3 is 15.0 Å². The predicted octanol–water partition coefficient (Wildman–Crippen LogP) is 5.51. The van der Waals surface area contributed by atoms with Crippen LogP contribution in [-0.2, 0) is 11.2 Å². The van der Waals surface area contributed by atoms with Crippen molar-refractivity contribution in [1.29, 1.82) is 0 Å². The molecule has 0 saturated carbocycles. The second-order valence-corrected chi connectivity index (χ2v) is 8.75. The molecule has 0 aliphatic carbocycles. The number of likely N-dealkylation sites (N-methyl/N-ethyl adjacent to an activating group) is 1. The topological polar surface area (TPSA) is 41.6 Å². The van der Waals surface area contributed by atoms with E-state index >= 15 is 0 Å². The van der Waals surface area contributed by atoms with Gasteiger partial charge in [0, 0.05) is 19.3 Å². The number of carbonyl (C=O) groups is 1. The summed E-state index contributed by atoms with van der Waals surface area (Å²) in [4.78, 5) is 13.7. The molecule has 1 amide bonds. The molecule has 0 aromatic heterocycles. The monoisotopic (exact) mass is 406 g/mol. The van der Waals surface area contributed by atoms with Crippen molar-refractivity contribution in [3.8, 4) is 0 Å². The van der Waals surface area contributed by atoms with E-state index in [0.29, 0.717) is 6.54 Å². The van der Waals surface area contributed by atoms with Gasteiger partial charge in [-0.05, 0) is 51.2 Å². The molecular weight excluding hydrogens is 368 g/mol.